The Bertz CT molecular complexity index is 90.9. The van der Waals surface area contributed by atoms with Gasteiger partial charge in [-0.15, -0.1) is 0 Å². The summed E-state index contributed by atoms with van der Waals surface area (Å²) in [5.41, 5.74) is 0. The summed E-state index contributed by atoms with van der Waals surface area (Å²) in [5.74, 6) is 0. The highest BCUT2D eigenvalue weighted by atomic mass is 16.5. The number of ether oxygens (including phenoxy) is 1. The molecule has 0 aromatic carbocycles. The van der Waals surface area contributed by atoms with Gasteiger partial charge < -0.3 is 10.1 Å². The number of nitrogens with one attached hydrogen (secondary N) is 1. The van der Waals surface area contributed by atoms with Crippen molar-refractivity contribution in [3.8, 4) is 0 Å². The molecule has 0 saturated heterocycles. The first-order valence-electron chi connectivity index (χ1n) is 7.50. The van der Waals surface area contributed by atoms with Crippen LogP contribution in [0.2, 0.25) is 0 Å². The van der Waals surface area contributed by atoms with Crippen molar-refractivity contribution in [1.29, 1.82) is 0 Å². The summed E-state index contributed by atoms with van der Waals surface area (Å²) in [6.07, 6.45) is 4.87. The molecule has 0 fully saturated rings. The van der Waals surface area contributed by atoms with Gasteiger partial charge in [0.1, 0.15) is 0 Å². The third-order valence-electron chi connectivity index (χ3n) is 1.78. The highest BCUT2D eigenvalue weighted by Crippen LogP contribution is 1.84. The summed E-state index contributed by atoms with van der Waals surface area (Å²) in [7, 11) is 0. The van der Waals surface area contributed by atoms with Crippen LogP contribution in [0.4, 0.5) is 0 Å². The van der Waals surface area contributed by atoms with E-state index in [1.807, 2.05) is 13.8 Å². The maximum atomic E-state index is 5.13. The van der Waals surface area contributed by atoms with Crippen LogP contribution in [0.15, 0.2) is 0 Å². The van der Waals surface area contributed by atoms with Gasteiger partial charge in [0.15, 0.2) is 0 Å². The molecule has 0 aliphatic heterocycles. The van der Waals surface area contributed by atoms with E-state index in [1.54, 1.807) is 0 Å². The lowest BCUT2D eigenvalue weighted by atomic mass is 10.3. The van der Waals surface area contributed by atoms with Crippen LogP contribution in [0.3, 0.4) is 0 Å². The van der Waals surface area contributed by atoms with Crippen molar-refractivity contribution in [3.05, 3.63) is 0 Å². The van der Waals surface area contributed by atoms with E-state index in [9.17, 15) is 0 Å². The molecular formula is C15H37NO. The van der Waals surface area contributed by atoms with Crippen LogP contribution in [0.1, 0.15) is 74.1 Å². The van der Waals surface area contributed by atoms with Crippen molar-refractivity contribution in [2.75, 3.05) is 19.8 Å². The number of rotatable bonds is 8. The monoisotopic (exact) mass is 247 g/mol. The summed E-state index contributed by atoms with van der Waals surface area (Å²) in [5, 5.41) is 3.35. The molecule has 2 heteroatoms. The minimum atomic E-state index is 0.654. The molecule has 17 heavy (non-hydrogen) atoms. The van der Waals surface area contributed by atoms with Crippen LogP contribution in [0, 0.1) is 0 Å². The van der Waals surface area contributed by atoms with Crippen LogP contribution >= 0.6 is 0 Å². The second-order valence-electron chi connectivity index (χ2n) is 4.07. The Balaban J connectivity index is -0.000000202. The first-order chi connectivity index (χ1) is 8.18. The van der Waals surface area contributed by atoms with E-state index in [4.69, 9.17) is 4.74 Å². The predicted molar refractivity (Wildman–Crippen MR) is 80.8 cm³/mol. The molecule has 0 unspecified atom stereocenters. The molecule has 0 atom stereocenters. The quantitative estimate of drug-likeness (QED) is 0.631. The average Bonchev–Trinajstić information content (AvgIpc) is 2.33. The molecule has 0 spiro atoms. The number of hydrogen-bond donors (Lipinski definition) is 1. The summed E-state index contributed by atoms with van der Waals surface area (Å²) < 4.78 is 5.13. The van der Waals surface area contributed by atoms with Gasteiger partial charge in [-0.2, -0.15) is 0 Å². The lowest BCUT2D eigenvalue weighted by molar-refractivity contribution is 0.135. The molecule has 108 valence electrons. The fourth-order valence-electron chi connectivity index (χ4n) is 0.958. The SMILES string of the molecule is CC.CCCCNC(C)C.CCCOCCC. The minimum Gasteiger partial charge on any atom is -0.381 e. The first-order valence-corrected chi connectivity index (χ1v) is 7.50. The van der Waals surface area contributed by atoms with Gasteiger partial charge in [-0.3, -0.25) is 0 Å². The molecule has 0 bridgehead atoms. The second-order valence-corrected chi connectivity index (χ2v) is 4.07. The fourth-order valence-corrected chi connectivity index (χ4v) is 0.958. The Morgan fingerprint density at radius 3 is 1.65 bits per heavy atom. The van der Waals surface area contributed by atoms with Crippen LogP contribution < -0.4 is 5.32 Å². The standard InChI is InChI=1S/C7H17N.C6H14O.C2H6/c1-4-5-6-8-7(2)3;1-3-5-7-6-4-2;1-2/h7-8H,4-6H2,1-3H3;3-6H2,1-2H3;1-2H3. The first kappa shape index (κ1) is 22.1. The van der Waals surface area contributed by atoms with Gasteiger partial charge in [0.25, 0.3) is 0 Å². The van der Waals surface area contributed by atoms with Gasteiger partial charge in [0, 0.05) is 19.3 Å². The van der Waals surface area contributed by atoms with Crippen molar-refractivity contribution in [1.82, 2.24) is 5.32 Å². The Hall–Kier alpha value is -0.0800. The van der Waals surface area contributed by atoms with Crippen molar-refractivity contribution >= 4 is 0 Å². The minimum absolute atomic E-state index is 0.654. The molecule has 0 amide bonds. The maximum absolute atomic E-state index is 5.13. The van der Waals surface area contributed by atoms with Gasteiger partial charge in [0.2, 0.25) is 0 Å². The zero-order valence-corrected chi connectivity index (χ0v) is 13.4. The van der Waals surface area contributed by atoms with E-state index in [2.05, 4.69) is 39.9 Å². The average molecular weight is 247 g/mol. The fraction of sp³-hybridized carbons (Fsp3) is 1.00. The molecule has 0 aliphatic rings. The molecule has 1 N–H and O–H groups in total. The molecule has 0 aromatic heterocycles. The summed E-state index contributed by atoms with van der Waals surface area (Å²) in [6.45, 7) is 17.8. The van der Waals surface area contributed by atoms with Crippen molar-refractivity contribution in [3.63, 3.8) is 0 Å². The highest BCUT2D eigenvalue weighted by molar-refractivity contribution is 4.50. The molecule has 0 radical (unpaired) electrons. The van der Waals surface area contributed by atoms with Gasteiger partial charge in [-0.25, -0.2) is 0 Å². The molecule has 0 aliphatic carbocycles. The molecule has 0 saturated carbocycles. The largest absolute Gasteiger partial charge is 0.381 e. The van der Waals surface area contributed by atoms with E-state index >= 15 is 0 Å². The third kappa shape index (κ3) is 38.8. The maximum Gasteiger partial charge on any atom is 0.0463 e. The van der Waals surface area contributed by atoms with Crippen molar-refractivity contribution < 1.29 is 4.74 Å². The van der Waals surface area contributed by atoms with Gasteiger partial charge >= 0.3 is 0 Å². The number of unbranched alkanes of at least 4 members (excludes halogenated alkanes) is 1. The molecule has 0 heterocycles. The van der Waals surface area contributed by atoms with E-state index in [0.717, 1.165) is 26.1 Å². The van der Waals surface area contributed by atoms with Crippen LogP contribution in [-0.2, 0) is 4.74 Å². The Morgan fingerprint density at radius 2 is 1.35 bits per heavy atom. The van der Waals surface area contributed by atoms with E-state index < -0.39 is 0 Å². The Kier molecular flexibility index (Phi) is 32.5. The van der Waals surface area contributed by atoms with E-state index in [1.165, 1.54) is 19.4 Å². The molecule has 2 nitrogen and oxygen atoms in total. The Morgan fingerprint density at radius 1 is 0.882 bits per heavy atom. The molecule has 0 rings (SSSR count). The van der Waals surface area contributed by atoms with Gasteiger partial charge in [-0.05, 0) is 25.8 Å². The summed E-state index contributed by atoms with van der Waals surface area (Å²) in [6, 6.07) is 0.654. The smallest absolute Gasteiger partial charge is 0.0463 e. The Labute approximate surface area is 111 Å². The summed E-state index contributed by atoms with van der Waals surface area (Å²) >= 11 is 0. The molecular weight excluding hydrogens is 210 g/mol. The van der Waals surface area contributed by atoms with Crippen LogP contribution in [0.25, 0.3) is 0 Å². The lowest BCUT2D eigenvalue weighted by Crippen LogP contribution is -2.23. The van der Waals surface area contributed by atoms with Crippen LogP contribution in [0.5, 0.6) is 0 Å². The molecule has 0 aromatic rings. The van der Waals surface area contributed by atoms with Crippen LogP contribution in [-0.4, -0.2) is 25.8 Å². The van der Waals surface area contributed by atoms with Gasteiger partial charge in [0.05, 0.1) is 0 Å². The van der Waals surface area contributed by atoms with E-state index in [-0.39, 0.29) is 0 Å². The van der Waals surface area contributed by atoms with E-state index in [0.29, 0.717) is 6.04 Å². The van der Waals surface area contributed by atoms with Gasteiger partial charge in [-0.1, -0.05) is 54.9 Å². The normalized spacial score (nSPS) is 9.18. The highest BCUT2D eigenvalue weighted by Gasteiger charge is 1.87. The second kappa shape index (κ2) is 24.9. The zero-order chi connectivity index (χ0) is 13.9. The summed E-state index contributed by atoms with van der Waals surface area (Å²) in [4.78, 5) is 0. The zero-order valence-electron chi connectivity index (χ0n) is 13.4. The third-order valence-corrected chi connectivity index (χ3v) is 1.78. The van der Waals surface area contributed by atoms with Crippen molar-refractivity contribution in [2.24, 2.45) is 0 Å². The lowest BCUT2D eigenvalue weighted by Gasteiger charge is -2.05. The predicted octanol–water partition coefficient (Wildman–Crippen LogP) is 4.63. The number of hydrogen-bond acceptors (Lipinski definition) is 2. The van der Waals surface area contributed by atoms with Crippen molar-refractivity contribution in [2.45, 2.75) is 80.2 Å². The topological polar surface area (TPSA) is 21.3 Å².